The molecule has 2 aromatic heterocycles. The molecule has 0 radical (unpaired) electrons. The standard InChI is InChI=1S/C24H25FN4O2.C24H23FN4O2/c2*25-20-12-17(8-11-19(20)24(31)28-13-15-4-2-1-3-5-15)22-23(26)27-14-21(29-22)16-6-9-18(30)10-7-16/h1-5,8,11-12,14,16,18,30H,6-7,9-10,13H2,(H2,26,27)(H,28,31);1-5,8,11-12,14,16H,6-7,9-10,13H2,(H2,26,27)(H,28,31). The number of anilines is 2. The van der Waals surface area contributed by atoms with Crippen LogP contribution in [0.2, 0.25) is 0 Å². The Morgan fingerprint density at radius 3 is 1.45 bits per heavy atom. The summed E-state index contributed by atoms with van der Waals surface area (Å²) in [7, 11) is 0. The molecule has 2 aliphatic carbocycles. The topological polar surface area (TPSA) is 199 Å². The van der Waals surface area contributed by atoms with Gasteiger partial charge in [-0.2, -0.15) is 0 Å². The minimum Gasteiger partial charge on any atom is -0.393 e. The zero-order valence-corrected chi connectivity index (χ0v) is 34.1. The van der Waals surface area contributed by atoms with Crippen molar-refractivity contribution < 1.29 is 28.3 Å². The number of aromatic nitrogens is 4. The average molecular weight is 839 g/mol. The number of amides is 2. The van der Waals surface area contributed by atoms with Crippen LogP contribution in [0.4, 0.5) is 20.4 Å². The predicted octanol–water partition coefficient (Wildman–Crippen LogP) is 7.84. The molecule has 0 saturated heterocycles. The summed E-state index contributed by atoms with van der Waals surface area (Å²) in [6, 6.07) is 27.5. The summed E-state index contributed by atoms with van der Waals surface area (Å²) in [5.74, 6) is -1.28. The van der Waals surface area contributed by atoms with E-state index in [1.165, 1.54) is 24.3 Å². The van der Waals surface area contributed by atoms with Crippen molar-refractivity contribution in [3.05, 3.63) is 155 Å². The van der Waals surface area contributed by atoms with Gasteiger partial charge in [0.05, 0.1) is 41.0 Å². The van der Waals surface area contributed by atoms with Gasteiger partial charge in [-0.1, -0.05) is 72.8 Å². The van der Waals surface area contributed by atoms with E-state index in [0.29, 0.717) is 48.4 Å². The van der Waals surface area contributed by atoms with E-state index in [-0.39, 0.29) is 46.5 Å². The number of nitrogens with two attached hydrogens (primary N) is 2. The SMILES string of the molecule is Nc1ncc(C2CCC(=O)CC2)nc1-c1ccc(C(=O)NCc2ccccc2)c(F)c1.Nc1ncc(C2CCC(O)CC2)nc1-c1ccc(C(=O)NCc2ccccc2)c(F)c1. The highest BCUT2D eigenvalue weighted by Crippen LogP contribution is 2.35. The number of aliphatic hydroxyl groups is 1. The van der Waals surface area contributed by atoms with E-state index in [1.54, 1.807) is 24.5 Å². The number of carbonyl (C=O) groups is 3. The van der Waals surface area contributed by atoms with Crippen LogP contribution in [0.25, 0.3) is 22.5 Å². The lowest BCUT2D eigenvalue weighted by Crippen LogP contribution is -2.23. The first-order valence-electron chi connectivity index (χ1n) is 20.7. The second-order valence-electron chi connectivity index (χ2n) is 15.6. The smallest absolute Gasteiger partial charge is 0.254 e. The molecule has 2 amide bonds. The molecular weight excluding hydrogens is 791 g/mol. The van der Waals surface area contributed by atoms with Gasteiger partial charge in [0.15, 0.2) is 0 Å². The van der Waals surface area contributed by atoms with Gasteiger partial charge in [-0.3, -0.25) is 14.4 Å². The van der Waals surface area contributed by atoms with Crippen LogP contribution in [0.3, 0.4) is 0 Å². The predicted molar refractivity (Wildman–Crippen MR) is 232 cm³/mol. The van der Waals surface area contributed by atoms with Crippen LogP contribution in [0.5, 0.6) is 0 Å². The Balaban J connectivity index is 0.000000186. The number of carbonyl (C=O) groups excluding carboxylic acids is 3. The van der Waals surface area contributed by atoms with Gasteiger partial charge in [-0.05, 0) is 73.9 Å². The molecule has 2 saturated carbocycles. The molecule has 0 aliphatic heterocycles. The Bertz CT molecular complexity index is 2530. The van der Waals surface area contributed by atoms with Gasteiger partial charge in [-0.15, -0.1) is 0 Å². The van der Waals surface area contributed by atoms with Gasteiger partial charge < -0.3 is 27.2 Å². The van der Waals surface area contributed by atoms with Crippen molar-refractivity contribution in [1.29, 1.82) is 0 Å². The fraction of sp³-hybridized carbons (Fsp3) is 0.271. The number of ketones is 1. The second-order valence-corrected chi connectivity index (χ2v) is 15.6. The van der Waals surface area contributed by atoms with E-state index in [4.69, 9.17) is 11.5 Å². The lowest BCUT2D eigenvalue weighted by molar-refractivity contribution is -0.120. The monoisotopic (exact) mass is 838 g/mol. The number of rotatable bonds is 10. The first-order valence-corrected chi connectivity index (χ1v) is 20.7. The quantitative estimate of drug-likeness (QED) is 0.0906. The van der Waals surface area contributed by atoms with Crippen LogP contribution in [-0.2, 0) is 17.9 Å². The number of hydrogen-bond acceptors (Lipinski definition) is 10. The Morgan fingerprint density at radius 1 is 0.613 bits per heavy atom. The number of benzene rings is 4. The zero-order valence-electron chi connectivity index (χ0n) is 34.1. The summed E-state index contributed by atoms with van der Waals surface area (Å²) in [6.07, 6.45) is 8.66. The van der Waals surface area contributed by atoms with Crippen molar-refractivity contribution in [2.24, 2.45) is 0 Å². The molecule has 8 rings (SSSR count). The second kappa shape index (κ2) is 20.1. The molecule has 0 bridgehead atoms. The minimum atomic E-state index is -0.655. The maximum absolute atomic E-state index is 14.8. The summed E-state index contributed by atoms with van der Waals surface area (Å²) in [6.45, 7) is 0.628. The van der Waals surface area contributed by atoms with E-state index in [9.17, 15) is 28.3 Å². The number of nitrogens with one attached hydrogen (secondary N) is 2. The van der Waals surface area contributed by atoms with Gasteiger partial charge in [0.1, 0.15) is 40.4 Å². The highest BCUT2D eigenvalue weighted by molar-refractivity contribution is 5.95. The zero-order chi connectivity index (χ0) is 43.6. The van der Waals surface area contributed by atoms with E-state index in [1.807, 2.05) is 60.7 Å². The van der Waals surface area contributed by atoms with Crippen molar-refractivity contribution in [1.82, 2.24) is 30.6 Å². The van der Waals surface area contributed by atoms with Crippen molar-refractivity contribution in [3.8, 4) is 22.5 Å². The molecule has 14 heteroatoms. The number of aliphatic hydroxyl groups excluding tert-OH is 1. The fourth-order valence-electron chi connectivity index (χ4n) is 7.69. The fourth-order valence-corrected chi connectivity index (χ4v) is 7.69. The van der Waals surface area contributed by atoms with Gasteiger partial charge in [-0.25, -0.2) is 28.7 Å². The Morgan fingerprint density at radius 2 is 1.03 bits per heavy atom. The lowest BCUT2D eigenvalue weighted by atomic mass is 9.85. The maximum Gasteiger partial charge on any atom is 0.254 e. The van der Waals surface area contributed by atoms with E-state index >= 15 is 0 Å². The van der Waals surface area contributed by atoms with E-state index < -0.39 is 23.4 Å². The van der Waals surface area contributed by atoms with Crippen molar-refractivity contribution in [2.45, 2.75) is 82.4 Å². The van der Waals surface area contributed by atoms with Crippen LogP contribution < -0.4 is 22.1 Å². The molecule has 7 N–H and O–H groups in total. The molecule has 4 aromatic carbocycles. The van der Waals surface area contributed by atoms with Crippen LogP contribution in [-0.4, -0.2) is 48.7 Å². The van der Waals surface area contributed by atoms with E-state index in [0.717, 1.165) is 61.0 Å². The van der Waals surface area contributed by atoms with Crippen molar-refractivity contribution in [3.63, 3.8) is 0 Å². The lowest BCUT2D eigenvalue weighted by Gasteiger charge is -2.25. The molecule has 6 aromatic rings. The van der Waals surface area contributed by atoms with E-state index in [2.05, 4.69) is 30.6 Å². The molecular formula is C48H48F2N8O4. The summed E-state index contributed by atoms with van der Waals surface area (Å²) >= 11 is 0. The van der Waals surface area contributed by atoms with Gasteiger partial charge in [0, 0.05) is 48.9 Å². The third kappa shape index (κ3) is 10.9. The summed E-state index contributed by atoms with van der Waals surface area (Å²) in [4.78, 5) is 54.1. The van der Waals surface area contributed by atoms with Crippen LogP contribution >= 0.6 is 0 Å². The molecule has 12 nitrogen and oxygen atoms in total. The Labute approximate surface area is 358 Å². The van der Waals surface area contributed by atoms with Gasteiger partial charge in [0.2, 0.25) is 0 Å². The first-order chi connectivity index (χ1) is 30.0. The molecule has 62 heavy (non-hydrogen) atoms. The van der Waals surface area contributed by atoms with Crippen molar-refractivity contribution in [2.75, 3.05) is 11.5 Å². The molecule has 318 valence electrons. The number of halogens is 2. The number of nitrogen functional groups attached to an aromatic ring is 2. The number of hydrogen-bond donors (Lipinski definition) is 5. The third-order valence-corrected chi connectivity index (χ3v) is 11.3. The normalized spacial score (nSPS) is 16.5. The molecule has 2 aliphatic rings. The average Bonchev–Trinajstić information content (AvgIpc) is 3.29. The highest BCUT2D eigenvalue weighted by Gasteiger charge is 2.25. The first kappa shape index (κ1) is 43.2. The highest BCUT2D eigenvalue weighted by atomic mass is 19.1. The van der Waals surface area contributed by atoms with Gasteiger partial charge in [0.25, 0.3) is 11.8 Å². The molecule has 2 fully saturated rings. The maximum atomic E-state index is 14.8. The van der Waals surface area contributed by atoms with Gasteiger partial charge >= 0.3 is 0 Å². The largest absolute Gasteiger partial charge is 0.393 e. The minimum absolute atomic E-state index is 0.0383. The number of Topliss-reactive ketones (excluding diaryl/α,β-unsaturated/α-hetero) is 1. The summed E-state index contributed by atoms with van der Waals surface area (Å²) in [5, 5.41) is 15.2. The van der Waals surface area contributed by atoms with Crippen LogP contribution in [0.1, 0.15) is 106 Å². The van der Waals surface area contributed by atoms with Crippen molar-refractivity contribution >= 4 is 29.2 Å². The number of nitrogens with zero attached hydrogens (tertiary/aromatic N) is 4. The Kier molecular flexibility index (Phi) is 14.0. The van der Waals surface area contributed by atoms with Crippen LogP contribution in [0.15, 0.2) is 109 Å². The summed E-state index contributed by atoms with van der Waals surface area (Å²) < 4.78 is 29.5. The third-order valence-electron chi connectivity index (χ3n) is 11.3. The Hall–Kier alpha value is -6.93. The van der Waals surface area contributed by atoms with Crippen LogP contribution in [0, 0.1) is 11.6 Å². The molecule has 0 unspecified atom stereocenters. The summed E-state index contributed by atoms with van der Waals surface area (Å²) in [5.41, 5.74) is 17.0. The molecule has 2 heterocycles. The molecule has 0 atom stereocenters. The molecule has 0 spiro atoms.